The van der Waals surface area contributed by atoms with E-state index in [2.05, 4.69) is 9.97 Å². The molecule has 6 heteroatoms. The zero-order valence-corrected chi connectivity index (χ0v) is 12.2. The lowest BCUT2D eigenvalue weighted by Crippen LogP contribution is -2.00. The first-order chi connectivity index (χ1) is 9.60. The maximum atomic E-state index is 13.7. The molecule has 2 aromatic rings. The Morgan fingerprint density at radius 2 is 2.00 bits per heavy atom. The van der Waals surface area contributed by atoms with Crippen molar-refractivity contribution in [2.45, 2.75) is 30.3 Å². The van der Waals surface area contributed by atoms with Crippen molar-refractivity contribution in [3.05, 3.63) is 35.9 Å². The van der Waals surface area contributed by atoms with E-state index in [1.165, 1.54) is 17.8 Å². The summed E-state index contributed by atoms with van der Waals surface area (Å²) in [4.78, 5) is 9.06. The highest BCUT2D eigenvalue weighted by atomic mass is 32.2. The number of anilines is 1. The van der Waals surface area contributed by atoms with Gasteiger partial charge in [0, 0.05) is 29.0 Å². The fraction of sp³-hybridized carbons (Fsp3) is 0.286. The van der Waals surface area contributed by atoms with Gasteiger partial charge in [0.15, 0.2) is 16.7 Å². The number of nitrogens with zero attached hydrogens (tertiary/aromatic N) is 2. The Bertz CT molecular complexity index is 590. The third-order valence-electron chi connectivity index (χ3n) is 2.48. The smallest absolute Gasteiger partial charge is 0.192 e. The number of rotatable bonds is 5. The maximum absolute atomic E-state index is 13.7. The second-order valence-electron chi connectivity index (χ2n) is 4.31. The lowest BCUT2D eigenvalue weighted by Gasteiger charge is -2.10. The monoisotopic (exact) mass is 293 g/mol. The third kappa shape index (κ3) is 3.60. The first-order valence-corrected chi connectivity index (χ1v) is 7.10. The van der Waals surface area contributed by atoms with Crippen LogP contribution in [-0.4, -0.2) is 16.6 Å². The van der Waals surface area contributed by atoms with Crippen LogP contribution in [0, 0.1) is 12.7 Å². The average molecular weight is 293 g/mol. The number of nitrogen functional groups attached to an aromatic ring is 1. The van der Waals surface area contributed by atoms with Gasteiger partial charge in [-0.1, -0.05) is 6.92 Å². The second-order valence-corrected chi connectivity index (χ2v) is 5.32. The Hall–Kier alpha value is -1.82. The number of hydrogen-bond acceptors (Lipinski definition) is 5. The van der Waals surface area contributed by atoms with Crippen LogP contribution in [0.25, 0.3) is 0 Å². The van der Waals surface area contributed by atoms with E-state index in [0.717, 1.165) is 12.0 Å². The highest BCUT2D eigenvalue weighted by Crippen LogP contribution is 2.34. The molecule has 0 aliphatic rings. The van der Waals surface area contributed by atoms with Gasteiger partial charge in [-0.15, -0.1) is 0 Å². The van der Waals surface area contributed by atoms with E-state index in [9.17, 15) is 4.39 Å². The zero-order chi connectivity index (χ0) is 14.5. The van der Waals surface area contributed by atoms with Crippen molar-refractivity contribution in [3.8, 4) is 5.75 Å². The van der Waals surface area contributed by atoms with Crippen LogP contribution >= 0.6 is 11.8 Å². The van der Waals surface area contributed by atoms with Crippen molar-refractivity contribution in [1.82, 2.24) is 9.97 Å². The first-order valence-electron chi connectivity index (χ1n) is 6.28. The van der Waals surface area contributed by atoms with Crippen LogP contribution in [0.3, 0.4) is 0 Å². The summed E-state index contributed by atoms with van der Waals surface area (Å²) in [6.45, 7) is 4.34. The fourth-order valence-electron chi connectivity index (χ4n) is 1.49. The van der Waals surface area contributed by atoms with Crippen LogP contribution < -0.4 is 10.5 Å². The van der Waals surface area contributed by atoms with Gasteiger partial charge >= 0.3 is 0 Å². The topological polar surface area (TPSA) is 61.0 Å². The molecule has 2 rings (SSSR count). The number of nitrogens with two attached hydrogens (primary N) is 1. The molecule has 0 aliphatic carbocycles. The van der Waals surface area contributed by atoms with E-state index in [1.54, 1.807) is 18.5 Å². The summed E-state index contributed by atoms with van der Waals surface area (Å²) in [5.41, 5.74) is 7.15. The second kappa shape index (κ2) is 6.56. The Morgan fingerprint density at radius 3 is 2.65 bits per heavy atom. The number of benzene rings is 1. The van der Waals surface area contributed by atoms with Gasteiger partial charge in [-0.2, -0.15) is 0 Å². The minimum Gasteiger partial charge on any atom is -0.490 e. The van der Waals surface area contributed by atoms with Gasteiger partial charge in [-0.25, -0.2) is 14.4 Å². The summed E-state index contributed by atoms with van der Waals surface area (Å²) in [6, 6.07) is 2.86. The van der Waals surface area contributed by atoms with Gasteiger partial charge in [0.25, 0.3) is 0 Å². The number of aromatic nitrogens is 2. The molecule has 106 valence electrons. The molecule has 1 heterocycles. The molecule has 4 nitrogen and oxygen atoms in total. The summed E-state index contributed by atoms with van der Waals surface area (Å²) in [5, 5.41) is 0.565. The van der Waals surface area contributed by atoms with Crippen molar-refractivity contribution in [1.29, 1.82) is 0 Å². The number of halogens is 1. The number of ether oxygens (including phenoxy) is 1. The van der Waals surface area contributed by atoms with E-state index in [-0.39, 0.29) is 5.75 Å². The highest BCUT2D eigenvalue weighted by molar-refractivity contribution is 7.99. The van der Waals surface area contributed by atoms with Crippen molar-refractivity contribution >= 4 is 17.4 Å². The minimum atomic E-state index is -0.454. The Kier molecular flexibility index (Phi) is 4.79. The largest absolute Gasteiger partial charge is 0.490 e. The number of hydrogen-bond donors (Lipinski definition) is 1. The van der Waals surface area contributed by atoms with Crippen LogP contribution in [0.4, 0.5) is 10.1 Å². The summed E-state index contributed by atoms with van der Waals surface area (Å²) < 4.78 is 19.1. The van der Waals surface area contributed by atoms with E-state index in [0.29, 0.717) is 22.3 Å². The van der Waals surface area contributed by atoms with E-state index in [1.807, 2.05) is 13.8 Å². The number of aryl methyl sites for hydroxylation is 1. The molecule has 0 amide bonds. The molecule has 1 aromatic heterocycles. The van der Waals surface area contributed by atoms with E-state index in [4.69, 9.17) is 10.5 Å². The normalized spacial score (nSPS) is 10.6. The summed E-state index contributed by atoms with van der Waals surface area (Å²) >= 11 is 1.29. The fourth-order valence-corrected chi connectivity index (χ4v) is 2.24. The van der Waals surface area contributed by atoms with Gasteiger partial charge in [-0.3, -0.25) is 0 Å². The van der Waals surface area contributed by atoms with Gasteiger partial charge in [0.1, 0.15) is 0 Å². The SMILES string of the molecule is CCCOc1cc(Sc2ncc(C)cn2)c(N)cc1F. The van der Waals surface area contributed by atoms with Crippen molar-refractivity contribution in [3.63, 3.8) is 0 Å². The lowest BCUT2D eigenvalue weighted by molar-refractivity contribution is 0.300. The molecule has 0 aliphatic heterocycles. The molecule has 2 N–H and O–H groups in total. The predicted octanol–water partition coefficient (Wildman–Crippen LogP) is 3.45. The van der Waals surface area contributed by atoms with Gasteiger partial charge < -0.3 is 10.5 Å². The Balaban J connectivity index is 2.24. The molecule has 0 fully saturated rings. The molecule has 20 heavy (non-hydrogen) atoms. The summed E-state index contributed by atoms with van der Waals surface area (Å²) in [5.74, 6) is -0.249. The molecule has 1 aromatic carbocycles. The summed E-state index contributed by atoms with van der Waals surface area (Å²) in [6.07, 6.45) is 4.26. The lowest BCUT2D eigenvalue weighted by atomic mass is 10.3. The highest BCUT2D eigenvalue weighted by Gasteiger charge is 2.11. The van der Waals surface area contributed by atoms with Gasteiger partial charge in [0.2, 0.25) is 0 Å². The van der Waals surface area contributed by atoms with Crippen molar-refractivity contribution in [2.24, 2.45) is 0 Å². The molecule has 0 spiro atoms. The molecule has 0 saturated carbocycles. The third-order valence-corrected chi connectivity index (χ3v) is 3.45. The molecule has 0 bridgehead atoms. The first kappa shape index (κ1) is 14.6. The Labute approximate surface area is 121 Å². The van der Waals surface area contributed by atoms with Crippen LogP contribution in [0.2, 0.25) is 0 Å². The summed E-state index contributed by atoms with van der Waals surface area (Å²) in [7, 11) is 0. The van der Waals surface area contributed by atoms with Gasteiger partial charge in [-0.05, 0) is 36.7 Å². The molecular formula is C14H16FN3OS. The van der Waals surface area contributed by atoms with Crippen molar-refractivity contribution < 1.29 is 9.13 Å². The molecular weight excluding hydrogens is 277 g/mol. The molecule has 0 atom stereocenters. The molecule has 0 saturated heterocycles. The molecule has 0 radical (unpaired) electrons. The van der Waals surface area contributed by atoms with Crippen LogP contribution in [0.15, 0.2) is 34.6 Å². The average Bonchev–Trinajstić information content (AvgIpc) is 2.43. The van der Waals surface area contributed by atoms with E-state index >= 15 is 0 Å². The predicted molar refractivity (Wildman–Crippen MR) is 77.5 cm³/mol. The van der Waals surface area contributed by atoms with Gasteiger partial charge in [0.05, 0.1) is 6.61 Å². The zero-order valence-electron chi connectivity index (χ0n) is 11.4. The van der Waals surface area contributed by atoms with Crippen molar-refractivity contribution in [2.75, 3.05) is 12.3 Å². The Morgan fingerprint density at radius 1 is 1.30 bits per heavy atom. The molecule has 0 unspecified atom stereocenters. The van der Waals surface area contributed by atoms with Crippen LogP contribution in [0.5, 0.6) is 5.75 Å². The van der Waals surface area contributed by atoms with Crippen LogP contribution in [0.1, 0.15) is 18.9 Å². The quantitative estimate of drug-likeness (QED) is 0.676. The minimum absolute atomic E-state index is 0.204. The van der Waals surface area contributed by atoms with E-state index < -0.39 is 5.82 Å². The van der Waals surface area contributed by atoms with Crippen LogP contribution in [-0.2, 0) is 0 Å². The standard InChI is InChI=1S/C14H16FN3OS/c1-3-4-19-12-6-13(11(16)5-10(12)15)20-14-17-7-9(2)8-18-14/h5-8H,3-4,16H2,1-2H3. The maximum Gasteiger partial charge on any atom is 0.192 e.